The molecule has 4 aromatic rings. The Kier molecular flexibility index (Phi) is 10.5. The molecule has 0 atom stereocenters. The number of hydrogen-bond acceptors (Lipinski definition) is 6. The van der Waals surface area contributed by atoms with Gasteiger partial charge in [-0.25, -0.2) is 9.97 Å². The third-order valence-electron chi connectivity index (χ3n) is 7.43. The second-order valence-electron chi connectivity index (χ2n) is 11.5. The van der Waals surface area contributed by atoms with Crippen LogP contribution < -0.4 is 9.64 Å². The number of anilines is 1. The number of hydrogen-bond donors (Lipinski definition) is 1. The van der Waals surface area contributed by atoms with E-state index in [1.807, 2.05) is 19.1 Å². The lowest BCUT2D eigenvalue weighted by atomic mass is 9.90. The number of carboxylic acid groups (broad SMARTS) is 1. The summed E-state index contributed by atoms with van der Waals surface area (Å²) in [5, 5.41) is 18.4. The molecule has 7 heteroatoms. The number of ether oxygens (including phenoxy) is 1. The number of unbranched alkanes of at least 4 members (excludes halogenated alkanes) is 1. The fraction of sp³-hybridized carbons (Fsp3) is 0.333. The van der Waals surface area contributed by atoms with E-state index >= 15 is 0 Å². The molecule has 0 aliphatic heterocycles. The van der Waals surface area contributed by atoms with E-state index < -0.39 is 5.97 Å². The number of aryl methyl sites for hydroxylation is 3. The topological polar surface area (TPSA) is 99.3 Å². The van der Waals surface area contributed by atoms with Crippen LogP contribution in [0.3, 0.4) is 0 Å². The molecule has 0 saturated carbocycles. The zero-order valence-corrected chi connectivity index (χ0v) is 25.7. The summed E-state index contributed by atoms with van der Waals surface area (Å²) in [6, 6.07) is 21.5. The molecule has 0 unspecified atom stereocenters. The van der Waals surface area contributed by atoms with Gasteiger partial charge in [-0.3, -0.25) is 4.79 Å². The SMILES string of the molecule is Cc1cc(C#N)cc(CN(Cc2cc(C)ccc2-c2cc(C(C)C)ccc2C)c2ncc(OCCCCC(=O)O)cn2)c1. The van der Waals surface area contributed by atoms with E-state index in [0.29, 0.717) is 55.7 Å². The van der Waals surface area contributed by atoms with Crippen LogP contribution in [0, 0.1) is 32.1 Å². The lowest BCUT2D eigenvalue weighted by Gasteiger charge is -2.25. The Bertz CT molecular complexity index is 1610. The van der Waals surface area contributed by atoms with Crippen molar-refractivity contribution in [1.82, 2.24) is 9.97 Å². The van der Waals surface area contributed by atoms with Gasteiger partial charge in [-0.15, -0.1) is 0 Å². The molecule has 0 bridgehead atoms. The Morgan fingerprint density at radius 3 is 2.40 bits per heavy atom. The first-order valence-electron chi connectivity index (χ1n) is 14.8. The van der Waals surface area contributed by atoms with Crippen molar-refractivity contribution in [2.75, 3.05) is 11.5 Å². The molecule has 4 rings (SSSR count). The van der Waals surface area contributed by atoms with Gasteiger partial charge in [0.15, 0.2) is 5.75 Å². The summed E-state index contributed by atoms with van der Waals surface area (Å²) in [7, 11) is 0. The normalized spacial score (nSPS) is 10.9. The van der Waals surface area contributed by atoms with Crippen LogP contribution in [0.5, 0.6) is 5.75 Å². The molecule has 0 aliphatic rings. The highest BCUT2D eigenvalue weighted by Crippen LogP contribution is 2.32. The molecule has 1 N–H and O–H groups in total. The predicted octanol–water partition coefficient (Wildman–Crippen LogP) is 7.90. The lowest BCUT2D eigenvalue weighted by Crippen LogP contribution is -2.25. The van der Waals surface area contributed by atoms with Crippen LogP contribution in [-0.2, 0) is 17.9 Å². The first-order valence-corrected chi connectivity index (χ1v) is 14.8. The summed E-state index contributed by atoms with van der Waals surface area (Å²) in [4.78, 5) is 22.2. The van der Waals surface area contributed by atoms with Gasteiger partial charge < -0.3 is 14.7 Å². The highest BCUT2D eigenvalue weighted by atomic mass is 16.5. The number of rotatable bonds is 13. The van der Waals surface area contributed by atoms with Gasteiger partial charge in [0.25, 0.3) is 0 Å². The molecule has 222 valence electrons. The van der Waals surface area contributed by atoms with Crippen LogP contribution in [0.2, 0.25) is 0 Å². The van der Waals surface area contributed by atoms with Gasteiger partial charge in [-0.1, -0.05) is 61.9 Å². The van der Waals surface area contributed by atoms with Crippen molar-refractivity contribution in [3.63, 3.8) is 0 Å². The summed E-state index contributed by atoms with van der Waals surface area (Å²) in [5.74, 6) is 0.714. The Hall–Kier alpha value is -4.70. The molecule has 0 fully saturated rings. The fourth-order valence-electron chi connectivity index (χ4n) is 5.16. The number of nitrogens with zero attached hydrogens (tertiary/aromatic N) is 4. The van der Waals surface area contributed by atoms with Crippen molar-refractivity contribution in [2.24, 2.45) is 0 Å². The van der Waals surface area contributed by atoms with Crippen LogP contribution in [0.15, 0.2) is 67.0 Å². The van der Waals surface area contributed by atoms with Crippen LogP contribution in [0.25, 0.3) is 11.1 Å². The van der Waals surface area contributed by atoms with E-state index in [1.165, 1.54) is 33.4 Å². The third kappa shape index (κ3) is 8.65. The molecular weight excluding hydrogens is 536 g/mol. The minimum absolute atomic E-state index is 0.127. The van der Waals surface area contributed by atoms with Crippen molar-refractivity contribution < 1.29 is 14.6 Å². The number of aliphatic carboxylic acids is 1. The molecule has 0 amide bonds. The molecule has 1 aromatic heterocycles. The van der Waals surface area contributed by atoms with Crippen LogP contribution in [0.4, 0.5) is 5.95 Å². The maximum absolute atomic E-state index is 10.7. The quantitative estimate of drug-likeness (QED) is 0.161. The maximum atomic E-state index is 10.7. The molecule has 0 saturated heterocycles. The van der Waals surface area contributed by atoms with Crippen molar-refractivity contribution in [1.29, 1.82) is 5.26 Å². The van der Waals surface area contributed by atoms with Gasteiger partial charge in [0.1, 0.15) is 0 Å². The molecule has 0 radical (unpaired) electrons. The Labute approximate surface area is 254 Å². The second-order valence-corrected chi connectivity index (χ2v) is 11.5. The Morgan fingerprint density at radius 2 is 1.70 bits per heavy atom. The summed E-state index contributed by atoms with van der Waals surface area (Å²) in [6.45, 7) is 12.2. The Morgan fingerprint density at radius 1 is 0.930 bits per heavy atom. The average molecular weight is 577 g/mol. The predicted molar refractivity (Wildman–Crippen MR) is 170 cm³/mol. The van der Waals surface area contributed by atoms with Crippen molar-refractivity contribution in [3.8, 4) is 22.9 Å². The van der Waals surface area contributed by atoms with E-state index in [-0.39, 0.29) is 6.42 Å². The van der Waals surface area contributed by atoms with E-state index in [2.05, 4.69) is 91.1 Å². The van der Waals surface area contributed by atoms with Crippen molar-refractivity contribution in [3.05, 3.63) is 106 Å². The molecule has 0 spiro atoms. The zero-order chi connectivity index (χ0) is 30.9. The fourth-order valence-corrected chi connectivity index (χ4v) is 5.16. The Balaban J connectivity index is 1.68. The van der Waals surface area contributed by atoms with Crippen molar-refractivity contribution >= 4 is 11.9 Å². The monoisotopic (exact) mass is 576 g/mol. The van der Waals surface area contributed by atoms with E-state index in [1.54, 1.807) is 12.4 Å². The minimum atomic E-state index is -0.803. The van der Waals surface area contributed by atoms with E-state index in [0.717, 1.165) is 11.1 Å². The number of aromatic nitrogens is 2. The number of nitriles is 1. The number of benzene rings is 3. The number of carbonyl (C=O) groups is 1. The molecule has 1 heterocycles. The third-order valence-corrected chi connectivity index (χ3v) is 7.43. The second kappa shape index (κ2) is 14.5. The molecule has 7 nitrogen and oxygen atoms in total. The van der Waals surface area contributed by atoms with Gasteiger partial charge in [0.2, 0.25) is 5.95 Å². The summed E-state index contributed by atoms with van der Waals surface area (Å²) in [5.41, 5.74) is 9.92. The standard InChI is InChI=1S/C36H40N4O3/c1-24(2)30-11-10-27(5)34(18-30)33-12-9-25(3)16-31(33)23-40(22-29-15-26(4)14-28(17-29)19-37)36-38-20-32(21-39-36)43-13-7-6-8-35(41)42/h9-12,14-18,20-21,24H,6-8,13,22-23H2,1-5H3,(H,41,42). The van der Waals surface area contributed by atoms with E-state index in [4.69, 9.17) is 9.84 Å². The van der Waals surface area contributed by atoms with E-state index in [9.17, 15) is 10.1 Å². The maximum Gasteiger partial charge on any atom is 0.303 e. The zero-order valence-electron chi connectivity index (χ0n) is 25.7. The smallest absolute Gasteiger partial charge is 0.303 e. The van der Waals surface area contributed by atoms with Gasteiger partial charge in [-0.2, -0.15) is 5.26 Å². The first kappa shape index (κ1) is 31.2. The summed E-state index contributed by atoms with van der Waals surface area (Å²) >= 11 is 0. The van der Waals surface area contributed by atoms with Gasteiger partial charge in [-0.05, 0) is 90.6 Å². The summed E-state index contributed by atoms with van der Waals surface area (Å²) < 4.78 is 5.77. The van der Waals surface area contributed by atoms with Gasteiger partial charge in [0, 0.05) is 19.5 Å². The molecule has 43 heavy (non-hydrogen) atoms. The summed E-state index contributed by atoms with van der Waals surface area (Å²) in [6.07, 6.45) is 4.65. The number of carboxylic acids is 1. The molecule has 0 aliphatic carbocycles. The van der Waals surface area contributed by atoms with Crippen molar-refractivity contribution in [2.45, 2.75) is 72.9 Å². The largest absolute Gasteiger partial charge is 0.490 e. The molecule has 3 aromatic carbocycles. The molecular formula is C36H40N4O3. The lowest BCUT2D eigenvalue weighted by molar-refractivity contribution is -0.137. The highest BCUT2D eigenvalue weighted by Gasteiger charge is 2.17. The van der Waals surface area contributed by atoms with Gasteiger partial charge >= 0.3 is 5.97 Å². The minimum Gasteiger partial charge on any atom is -0.490 e. The van der Waals surface area contributed by atoms with Crippen LogP contribution in [0.1, 0.15) is 78.0 Å². The van der Waals surface area contributed by atoms with Gasteiger partial charge in [0.05, 0.1) is 30.6 Å². The first-order chi connectivity index (χ1) is 20.6. The van der Waals surface area contributed by atoms with Crippen LogP contribution in [-0.4, -0.2) is 27.7 Å². The average Bonchev–Trinajstić information content (AvgIpc) is 2.97. The van der Waals surface area contributed by atoms with Crippen LogP contribution >= 0.6 is 0 Å². The highest BCUT2D eigenvalue weighted by molar-refractivity contribution is 5.72.